The minimum atomic E-state index is -4.14. The van der Waals surface area contributed by atoms with Crippen molar-refractivity contribution in [3.8, 4) is 11.5 Å². The fraction of sp³-hybridized carbons (Fsp3) is 0.233. The van der Waals surface area contributed by atoms with Crippen LogP contribution in [0, 0.1) is 11.6 Å². The molecule has 220 valence electrons. The van der Waals surface area contributed by atoms with Gasteiger partial charge in [-0.2, -0.15) is 0 Å². The maximum atomic E-state index is 14.5. The third-order valence-corrected chi connectivity index (χ3v) is 11.7. The Kier molecular flexibility index (Phi) is 7.48. The van der Waals surface area contributed by atoms with Crippen molar-refractivity contribution in [2.45, 2.75) is 37.7 Å². The zero-order valence-corrected chi connectivity index (χ0v) is 24.7. The molecular formula is C30H28F2N2O6S2. The molecule has 0 bridgehead atoms. The van der Waals surface area contributed by atoms with Gasteiger partial charge < -0.3 is 9.72 Å². The van der Waals surface area contributed by atoms with Crippen molar-refractivity contribution in [1.29, 1.82) is 0 Å². The number of nitrogens with one attached hydrogen (secondary N) is 1. The fourth-order valence-electron chi connectivity index (χ4n) is 4.91. The Labute approximate surface area is 241 Å². The third-order valence-electron chi connectivity index (χ3n) is 7.62. The Hall–Kier alpha value is -4.03. The number of aromatic amines is 1. The van der Waals surface area contributed by atoms with Gasteiger partial charge in [-0.1, -0.05) is 25.1 Å². The van der Waals surface area contributed by atoms with E-state index >= 15 is 0 Å². The van der Waals surface area contributed by atoms with E-state index in [0.29, 0.717) is 33.7 Å². The number of sulfone groups is 1. The number of hydrogen-bond acceptors (Lipinski definition) is 6. The molecule has 0 radical (unpaired) electrons. The summed E-state index contributed by atoms with van der Waals surface area (Å²) in [6.07, 6.45) is 6.15. The first-order valence-electron chi connectivity index (χ1n) is 13.1. The lowest BCUT2D eigenvalue weighted by Crippen LogP contribution is -2.41. The summed E-state index contributed by atoms with van der Waals surface area (Å²) in [7, 11) is -7.52. The zero-order valence-electron chi connectivity index (χ0n) is 23.0. The first kappa shape index (κ1) is 29.5. The molecule has 0 fully saturated rings. The molecule has 0 spiro atoms. The molecular weight excluding hydrogens is 586 g/mol. The van der Waals surface area contributed by atoms with Gasteiger partial charge in [0.25, 0.3) is 5.56 Å². The maximum Gasteiger partial charge on any atom is 0.273 e. The lowest BCUT2D eigenvalue weighted by Gasteiger charge is -2.33. The van der Waals surface area contributed by atoms with Gasteiger partial charge in [-0.15, -0.1) is 0 Å². The number of nitrogens with zero attached hydrogens (tertiary/aromatic N) is 1. The summed E-state index contributed by atoms with van der Waals surface area (Å²) < 4.78 is 86.0. The Bertz CT molecular complexity index is 2060. The maximum absolute atomic E-state index is 14.5. The summed E-state index contributed by atoms with van der Waals surface area (Å²) in [5.41, 5.74) is 1.34. The molecule has 1 atom stereocenters. The lowest BCUT2D eigenvalue weighted by atomic mass is 9.87. The molecule has 8 nitrogen and oxygen atoms in total. The molecule has 0 saturated heterocycles. The van der Waals surface area contributed by atoms with Crippen LogP contribution in [-0.4, -0.2) is 36.3 Å². The van der Waals surface area contributed by atoms with E-state index in [1.807, 2.05) is 0 Å². The van der Waals surface area contributed by atoms with E-state index in [-0.39, 0.29) is 34.9 Å². The molecule has 0 saturated carbocycles. The number of rotatable bonds is 8. The molecule has 5 rings (SSSR count). The van der Waals surface area contributed by atoms with Gasteiger partial charge in [0.1, 0.15) is 21.8 Å². The van der Waals surface area contributed by atoms with E-state index in [2.05, 4.69) is 4.98 Å². The number of allylic oxidation sites excluding steroid dienone is 3. The van der Waals surface area contributed by atoms with Crippen molar-refractivity contribution < 1.29 is 30.4 Å². The molecule has 2 heterocycles. The molecule has 0 amide bonds. The summed E-state index contributed by atoms with van der Waals surface area (Å²) >= 11 is 0. The molecule has 1 aliphatic rings. The number of H-pyrrole nitrogens is 1. The van der Waals surface area contributed by atoms with Crippen LogP contribution in [0.1, 0.15) is 38.3 Å². The van der Waals surface area contributed by atoms with Crippen LogP contribution in [0.3, 0.4) is 0 Å². The van der Waals surface area contributed by atoms with Crippen molar-refractivity contribution in [3.05, 3.63) is 112 Å². The van der Waals surface area contributed by atoms with Gasteiger partial charge in [0.05, 0.1) is 5.75 Å². The molecule has 1 aliphatic carbocycles. The second-order valence-electron chi connectivity index (χ2n) is 10.3. The van der Waals surface area contributed by atoms with Crippen molar-refractivity contribution in [2.24, 2.45) is 0 Å². The number of halogens is 2. The zero-order chi connectivity index (χ0) is 30.4. The Morgan fingerprint density at radius 2 is 1.76 bits per heavy atom. The first-order valence-corrected chi connectivity index (χ1v) is 16.3. The minimum absolute atomic E-state index is 0.0131. The summed E-state index contributed by atoms with van der Waals surface area (Å²) in [4.78, 5) is 15.0. The number of benzene rings is 2. The largest absolute Gasteiger partial charge is 0.454 e. The minimum Gasteiger partial charge on any atom is -0.454 e. The highest BCUT2D eigenvalue weighted by atomic mass is 32.2. The summed E-state index contributed by atoms with van der Waals surface area (Å²) in [6.45, 7) is 4.77. The van der Waals surface area contributed by atoms with E-state index in [4.69, 9.17) is 4.74 Å². The molecule has 42 heavy (non-hydrogen) atoms. The molecule has 2 aromatic heterocycles. The van der Waals surface area contributed by atoms with Crippen molar-refractivity contribution in [2.75, 3.05) is 5.75 Å². The van der Waals surface area contributed by atoms with E-state index in [1.54, 1.807) is 57.2 Å². The smallest absolute Gasteiger partial charge is 0.273 e. The van der Waals surface area contributed by atoms with Crippen LogP contribution in [0.2, 0.25) is 0 Å². The van der Waals surface area contributed by atoms with Gasteiger partial charge in [0.15, 0.2) is 21.4 Å². The molecule has 1 unspecified atom stereocenters. The van der Waals surface area contributed by atoms with Gasteiger partial charge in [0, 0.05) is 35.2 Å². The number of pyridine rings is 1. The average molecular weight is 615 g/mol. The van der Waals surface area contributed by atoms with Gasteiger partial charge in [0.2, 0.25) is 10.0 Å². The van der Waals surface area contributed by atoms with Crippen molar-refractivity contribution >= 4 is 36.3 Å². The topological polar surface area (TPSA) is 115 Å². The number of fused-ring (bicyclic) bond motifs is 1. The number of ether oxygens (including phenoxy) is 1. The van der Waals surface area contributed by atoms with Gasteiger partial charge in [-0.05, 0) is 73.4 Å². The Balaban J connectivity index is 1.58. The molecule has 12 heteroatoms. The normalized spacial score (nSPS) is 17.6. The molecule has 2 aromatic carbocycles. The van der Waals surface area contributed by atoms with E-state index in [1.165, 1.54) is 18.5 Å². The number of hydrogen-bond donors (Lipinski definition) is 1. The summed E-state index contributed by atoms with van der Waals surface area (Å²) in [5, 5.41) is 0.480. The second-order valence-corrected chi connectivity index (χ2v) is 14.9. The van der Waals surface area contributed by atoms with Gasteiger partial charge >= 0.3 is 0 Å². The lowest BCUT2D eigenvalue weighted by molar-refractivity contribution is 0.436. The predicted molar refractivity (Wildman–Crippen MR) is 158 cm³/mol. The van der Waals surface area contributed by atoms with E-state index in [9.17, 15) is 30.4 Å². The quantitative estimate of drug-likeness (QED) is 0.272. The van der Waals surface area contributed by atoms with Crippen LogP contribution in [0.15, 0.2) is 83.4 Å². The predicted octanol–water partition coefficient (Wildman–Crippen LogP) is 5.71. The van der Waals surface area contributed by atoms with Crippen LogP contribution in [0.4, 0.5) is 8.78 Å². The highest BCUT2D eigenvalue weighted by Gasteiger charge is 2.43. The van der Waals surface area contributed by atoms with E-state index in [0.717, 1.165) is 16.1 Å². The highest BCUT2D eigenvalue weighted by Crippen LogP contribution is 2.42. The monoisotopic (exact) mass is 614 g/mol. The third kappa shape index (κ3) is 5.20. The Morgan fingerprint density at radius 1 is 1.02 bits per heavy atom. The van der Waals surface area contributed by atoms with Crippen LogP contribution < -0.4 is 10.3 Å². The van der Waals surface area contributed by atoms with Crippen LogP contribution in [0.5, 0.6) is 11.5 Å². The summed E-state index contributed by atoms with van der Waals surface area (Å²) in [6, 6.07) is 10.7. The second kappa shape index (κ2) is 10.7. The molecule has 4 aromatic rings. The molecule has 0 aliphatic heterocycles. The van der Waals surface area contributed by atoms with Crippen molar-refractivity contribution in [1.82, 2.24) is 8.96 Å². The van der Waals surface area contributed by atoms with Gasteiger partial charge in [-0.25, -0.2) is 29.6 Å². The van der Waals surface area contributed by atoms with Gasteiger partial charge in [-0.3, -0.25) is 4.79 Å². The van der Waals surface area contributed by atoms with Crippen LogP contribution >= 0.6 is 0 Å². The van der Waals surface area contributed by atoms with Crippen molar-refractivity contribution in [3.63, 3.8) is 0 Å². The Morgan fingerprint density at radius 3 is 2.45 bits per heavy atom. The molecule has 1 N–H and O–H groups in total. The standard InChI is InChI=1S/C30H28F2N2O6S2/c1-4-41(36,37)18-20-5-7-26(40-27-8-6-23(31)17-25(27)32)24(16-20)22-9-12-30(3,19(2)15-22)42(38,39)34-14-11-21-10-13-33-29(35)28(21)34/h5-11,13-17H,4,12,18H2,1-3H3,(H,33,35). The first-order chi connectivity index (χ1) is 19.8. The van der Waals surface area contributed by atoms with Crippen LogP contribution in [-0.2, 0) is 25.6 Å². The van der Waals surface area contributed by atoms with Crippen LogP contribution in [0.25, 0.3) is 16.5 Å². The fourth-order valence-corrected chi connectivity index (χ4v) is 7.64. The highest BCUT2D eigenvalue weighted by molar-refractivity contribution is 7.91. The van der Waals surface area contributed by atoms with E-state index < -0.39 is 41.8 Å². The summed E-state index contributed by atoms with van der Waals surface area (Å²) in [5.74, 6) is -2.05. The number of aromatic nitrogens is 2. The average Bonchev–Trinajstić information content (AvgIpc) is 3.39. The SMILES string of the molecule is CCS(=O)(=O)Cc1ccc(Oc2ccc(F)cc2F)c(C2=CCC(C)(S(=O)(=O)n3ccc4cc[nH]c(=O)c43)C(C)=C2)c1.